The molecule has 0 saturated heterocycles. The molecule has 0 atom stereocenters. The Morgan fingerprint density at radius 1 is 1.18 bits per heavy atom. The molecule has 1 aliphatic carbocycles. The minimum Gasteiger partial charge on any atom is -0.495 e. The van der Waals surface area contributed by atoms with Crippen LogP contribution in [-0.2, 0) is 10.9 Å². The van der Waals surface area contributed by atoms with Gasteiger partial charge in [0.25, 0.3) is 5.91 Å². The van der Waals surface area contributed by atoms with Crippen LogP contribution in [0.3, 0.4) is 0 Å². The average Bonchev–Trinajstić information content (AvgIpc) is 2.79. The molecule has 0 spiro atoms. The maximum Gasteiger partial charge on any atom is 0.421 e. The lowest BCUT2D eigenvalue weighted by Crippen LogP contribution is -2.27. The van der Waals surface area contributed by atoms with Crippen molar-refractivity contribution in [2.75, 3.05) is 38.0 Å². The lowest BCUT2D eigenvalue weighted by molar-refractivity contribution is -0.137. The molecule has 1 amide bonds. The van der Waals surface area contributed by atoms with Gasteiger partial charge in [0, 0.05) is 31.5 Å². The first-order chi connectivity index (χ1) is 15.8. The van der Waals surface area contributed by atoms with Crippen LogP contribution >= 0.6 is 0 Å². The summed E-state index contributed by atoms with van der Waals surface area (Å²) in [6, 6.07) is 4.61. The second kappa shape index (κ2) is 11.2. The van der Waals surface area contributed by atoms with Gasteiger partial charge in [0.15, 0.2) is 0 Å². The fraction of sp³-hybridized carbons (Fsp3) is 0.500. The van der Waals surface area contributed by atoms with Gasteiger partial charge in [-0.3, -0.25) is 4.79 Å². The molecule has 0 radical (unpaired) electrons. The van der Waals surface area contributed by atoms with E-state index in [9.17, 15) is 18.0 Å². The summed E-state index contributed by atoms with van der Waals surface area (Å²) in [5, 5.41) is 8.54. The number of alkyl halides is 3. The molecule has 0 unspecified atom stereocenters. The molecule has 11 heteroatoms. The molecular weight excluding hydrogens is 439 g/mol. The molecule has 180 valence electrons. The van der Waals surface area contributed by atoms with E-state index in [-0.39, 0.29) is 23.7 Å². The quantitative estimate of drug-likeness (QED) is 0.471. The third kappa shape index (κ3) is 6.70. The first-order valence-corrected chi connectivity index (χ1v) is 10.7. The zero-order chi connectivity index (χ0) is 23.8. The number of ether oxygens (including phenoxy) is 2. The van der Waals surface area contributed by atoms with Gasteiger partial charge in [0.1, 0.15) is 17.1 Å². The van der Waals surface area contributed by atoms with Gasteiger partial charge in [-0.05, 0) is 31.0 Å². The number of hydrogen-bond acceptors (Lipinski definition) is 7. The number of amides is 1. The van der Waals surface area contributed by atoms with Crippen molar-refractivity contribution in [3.05, 3.63) is 35.5 Å². The normalized spacial score (nSPS) is 14.6. The zero-order valence-electron chi connectivity index (χ0n) is 18.6. The van der Waals surface area contributed by atoms with Crippen molar-refractivity contribution in [2.24, 2.45) is 0 Å². The van der Waals surface area contributed by atoms with E-state index in [1.807, 2.05) is 0 Å². The molecule has 0 aliphatic heterocycles. The summed E-state index contributed by atoms with van der Waals surface area (Å²) < 4.78 is 50.8. The van der Waals surface area contributed by atoms with Gasteiger partial charge in [0.05, 0.1) is 19.4 Å². The van der Waals surface area contributed by atoms with Gasteiger partial charge in [-0.25, -0.2) is 4.98 Å². The number of carbonyl (C=O) groups excluding carboxylic acids is 1. The Morgan fingerprint density at radius 2 is 1.94 bits per heavy atom. The number of rotatable bonds is 9. The van der Waals surface area contributed by atoms with Crippen LogP contribution in [0.25, 0.3) is 0 Å². The Labute approximate surface area is 190 Å². The third-order valence-corrected chi connectivity index (χ3v) is 5.34. The van der Waals surface area contributed by atoms with Crippen molar-refractivity contribution >= 4 is 23.4 Å². The van der Waals surface area contributed by atoms with E-state index >= 15 is 0 Å². The third-order valence-electron chi connectivity index (χ3n) is 5.34. The van der Waals surface area contributed by atoms with Crippen molar-refractivity contribution in [1.82, 2.24) is 15.3 Å². The Hall–Kier alpha value is -3.08. The monoisotopic (exact) mass is 467 g/mol. The average molecular weight is 467 g/mol. The topological polar surface area (TPSA) is 97.4 Å². The molecule has 3 rings (SSSR count). The van der Waals surface area contributed by atoms with Crippen LogP contribution in [0.5, 0.6) is 5.75 Å². The van der Waals surface area contributed by atoms with Crippen molar-refractivity contribution in [3.8, 4) is 5.75 Å². The number of nitrogens with one attached hydrogen (secondary N) is 3. The van der Waals surface area contributed by atoms with Crippen LogP contribution < -0.4 is 20.7 Å². The number of halogens is 3. The molecule has 3 N–H and O–H groups in total. The van der Waals surface area contributed by atoms with Gasteiger partial charge >= 0.3 is 6.18 Å². The minimum atomic E-state index is -4.59. The summed E-state index contributed by atoms with van der Waals surface area (Å²) in [5.74, 6) is -0.254. The van der Waals surface area contributed by atoms with Gasteiger partial charge in [0.2, 0.25) is 5.95 Å². The Bertz CT molecular complexity index is 949. The summed E-state index contributed by atoms with van der Waals surface area (Å²) in [5.41, 5.74) is -0.237. The Morgan fingerprint density at radius 3 is 2.61 bits per heavy atom. The van der Waals surface area contributed by atoms with Crippen molar-refractivity contribution < 1.29 is 27.4 Å². The number of anilines is 3. The van der Waals surface area contributed by atoms with E-state index in [2.05, 4.69) is 25.9 Å². The fourth-order valence-electron chi connectivity index (χ4n) is 3.64. The number of hydrogen-bond donors (Lipinski definition) is 3. The maximum absolute atomic E-state index is 13.5. The molecule has 1 aromatic carbocycles. The SMILES string of the molecule is COCCNC(=O)c1ccc(OC)c(Nc2ncc(C(F)(F)F)c(NC3CCCCC3)n2)c1. The maximum atomic E-state index is 13.5. The van der Waals surface area contributed by atoms with E-state index in [1.165, 1.54) is 20.3 Å². The first-order valence-electron chi connectivity index (χ1n) is 10.7. The number of aromatic nitrogens is 2. The summed E-state index contributed by atoms with van der Waals surface area (Å²) in [6.45, 7) is 0.700. The number of nitrogens with zero attached hydrogens (tertiary/aromatic N) is 2. The van der Waals surface area contributed by atoms with Crippen molar-refractivity contribution in [3.63, 3.8) is 0 Å². The van der Waals surface area contributed by atoms with Crippen LogP contribution in [0.2, 0.25) is 0 Å². The highest BCUT2D eigenvalue weighted by Crippen LogP contribution is 2.36. The summed E-state index contributed by atoms with van der Waals surface area (Å²) in [4.78, 5) is 20.3. The van der Waals surface area contributed by atoms with E-state index in [0.29, 0.717) is 30.2 Å². The second-order valence-electron chi connectivity index (χ2n) is 7.72. The second-order valence-corrected chi connectivity index (χ2v) is 7.72. The Kier molecular flexibility index (Phi) is 8.32. The molecule has 8 nitrogen and oxygen atoms in total. The molecule has 0 bridgehead atoms. The highest BCUT2D eigenvalue weighted by molar-refractivity contribution is 5.95. The highest BCUT2D eigenvalue weighted by atomic mass is 19.4. The summed E-state index contributed by atoms with van der Waals surface area (Å²) >= 11 is 0. The highest BCUT2D eigenvalue weighted by Gasteiger charge is 2.36. The van der Waals surface area contributed by atoms with Gasteiger partial charge < -0.3 is 25.4 Å². The van der Waals surface area contributed by atoms with Crippen molar-refractivity contribution in [2.45, 2.75) is 44.3 Å². The molecule has 1 heterocycles. The van der Waals surface area contributed by atoms with E-state index in [4.69, 9.17) is 9.47 Å². The lowest BCUT2D eigenvalue weighted by atomic mass is 9.95. The standard InChI is InChI=1S/C22H28F3N5O3/c1-32-11-10-26-20(31)14-8-9-18(33-2)17(12-14)29-21-27-13-16(22(23,24)25)19(30-21)28-15-6-4-3-5-7-15/h8-9,12-13,15H,3-7,10-11H2,1-2H3,(H,26,31)(H2,27,28,29,30). The lowest BCUT2D eigenvalue weighted by Gasteiger charge is -2.25. The Balaban J connectivity index is 1.86. The smallest absolute Gasteiger partial charge is 0.421 e. The predicted octanol–water partition coefficient (Wildman–Crippen LogP) is 4.37. The van der Waals surface area contributed by atoms with Crippen LogP contribution in [0.15, 0.2) is 24.4 Å². The predicted molar refractivity (Wildman–Crippen MR) is 118 cm³/mol. The molecule has 1 fully saturated rings. The molecule has 1 saturated carbocycles. The fourth-order valence-corrected chi connectivity index (χ4v) is 3.64. The molecular formula is C22H28F3N5O3. The van der Waals surface area contributed by atoms with Gasteiger partial charge in [-0.15, -0.1) is 0 Å². The molecule has 1 aromatic heterocycles. The number of methoxy groups -OCH3 is 2. The van der Waals surface area contributed by atoms with Gasteiger partial charge in [-0.1, -0.05) is 19.3 Å². The first kappa shape index (κ1) is 24.6. The van der Waals surface area contributed by atoms with E-state index in [1.54, 1.807) is 12.1 Å². The number of benzene rings is 1. The zero-order valence-corrected chi connectivity index (χ0v) is 18.6. The minimum absolute atomic E-state index is 0.0449. The molecule has 33 heavy (non-hydrogen) atoms. The van der Waals surface area contributed by atoms with Crippen LogP contribution in [0, 0.1) is 0 Å². The van der Waals surface area contributed by atoms with Crippen LogP contribution in [0.4, 0.5) is 30.6 Å². The summed E-state index contributed by atoms with van der Waals surface area (Å²) in [7, 11) is 2.98. The molecule has 1 aliphatic rings. The van der Waals surface area contributed by atoms with E-state index in [0.717, 1.165) is 38.3 Å². The van der Waals surface area contributed by atoms with Crippen LogP contribution in [-0.4, -0.2) is 49.3 Å². The largest absolute Gasteiger partial charge is 0.495 e. The molecule has 2 aromatic rings. The van der Waals surface area contributed by atoms with Crippen molar-refractivity contribution in [1.29, 1.82) is 0 Å². The van der Waals surface area contributed by atoms with E-state index < -0.39 is 11.7 Å². The van der Waals surface area contributed by atoms with Gasteiger partial charge in [-0.2, -0.15) is 18.2 Å². The number of carbonyl (C=O) groups is 1. The summed E-state index contributed by atoms with van der Waals surface area (Å²) in [6.07, 6.45) is 0.755. The van der Waals surface area contributed by atoms with Crippen LogP contribution in [0.1, 0.15) is 48.0 Å².